The number of anilines is 3. The van der Waals surface area contributed by atoms with Crippen LogP contribution in [0.5, 0.6) is 0 Å². The van der Waals surface area contributed by atoms with Gasteiger partial charge in [0.05, 0.1) is 11.4 Å². The average Bonchev–Trinajstić information content (AvgIpc) is 3.07. The van der Waals surface area contributed by atoms with Gasteiger partial charge < -0.3 is 4.90 Å². The lowest BCUT2D eigenvalue weighted by atomic mass is 9.95. The molecule has 0 N–H and O–H groups in total. The molecule has 0 amide bonds. The van der Waals surface area contributed by atoms with Gasteiger partial charge in [0, 0.05) is 16.6 Å². The summed E-state index contributed by atoms with van der Waals surface area (Å²) in [5.41, 5.74) is 8.18. The van der Waals surface area contributed by atoms with Crippen molar-refractivity contribution in [2.75, 3.05) is 4.90 Å². The maximum Gasteiger partial charge on any atom is 0.148 e. The minimum atomic E-state index is -0.282. The van der Waals surface area contributed by atoms with E-state index in [-0.39, 0.29) is 5.82 Å². The summed E-state index contributed by atoms with van der Waals surface area (Å²) in [6.45, 7) is 0. The Bertz CT molecular complexity index is 1960. The first-order valence-corrected chi connectivity index (χ1v) is 14.1. The fourth-order valence-corrected chi connectivity index (χ4v) is 5.69. The predicted molar refractivity (Wildman–Crippen MR) is 175 cm³/mol. The van der Waals surface area contributed by atoms with E-state index in [1.54, 1.807) is 6.07 Å². The van der Waals surface area contributed by atoms with Gasteiger partial charge in [-0.05, 0) is 63.5 Å². The summed E-state index contributed by atoms with van der Waals surface area (Å²) in [4.78, 5) is 2.07. The molecule has 0 unspecified atom stereocenters. The van der Waals surface area contributed by atoms with Gasteiger partial charge in [0.2, 0.25) is 0 Å². The van der Waals surface area contributed by atoms with Gasteiger partial charge >= 0.3 is 0 Å². The van der Waals surface area contributed by atoms with Gasteiger partial charge in [-0.1, -0.05) is 140 Å². The van der Waals surface area contributed by atoms with Crippen molar-refractivity contribution in [2.24, 2.45) is 0 Å². The predicted octanol–water partition coefficient (Wildman–Crippen LogP) is 11.4. The highest BCUT2D eigenvalue weighted by Crippen LogP contribution is 2.46. The zero-order valence-electron chi connectivity index (χ0n) is 23.0. The van der Waals surface area contributed by atoms with Crippen LogP contribution in [0.25, 0.3) is 44.2 Å². The maximum atomic E-state index is 16.8. The Morgan fingerprint density at radius 2 is 0.929 bits per heavy atom. The lowest BCUT2D eigenvalue weighted by molar-refractivity contribution is 0.630. The number of fused-ring (bicyclic) bond motifs is 1. The summed E-state index contributed by atoms with van der Waals surface area (Å²) in [7, 11) is 0. The van der Waals surface area contributed by atoms with Crippen molar-refractivity contribution in [3.05, 3.63) is 176 Å². The molecule has 0 saturated carbocycles. The molecular weight excluding hydrogens is 513 g/mol. The Labute approximate surface area is 245 Å². The van der Waals surface area contributed by atoms with E-state index < -0.39 is 0 Å². The van der Waals surface area contributed by atoms with E-state index in [0.29, 0.717) is 5.69 Å². The summed E-state index contributed by atoms with van der Waals surface area (Å²) in [5, 5.41) is 2.15. The molecule has 7 aromatic rings. The van der Waals surface area contributed by atoms with Crippen molar-refractivity contribution in [2.45, 2.75) is 0 Å². The van der Waals surface area contributed by atoms with Crippen molar-refractivity contribution >= 4 is 27.8 Å². The van der Waals surface area contributed by atoms with Crippen molar-refractivity contribution in [1.82, 2.24) is 0 Å². The summed E-state index contributed by atoms with van der Waals surface area (Å²) in [6, 6.07) is 57.1. The highest BCUT2D eigenvalue weighted by atomic mass is 19.1. The molecule has 0 aliphatic heterocycles. The molecule has 0 bridgehead atoms. The van der Waals surface area contributed by atoms with E-state index in [4.69, 9.17) is 0 Å². The van der Waals surface area contributed by atoms with Crippen LogP contribution in [0.1, 0.15) is 0 Å². The summed E-state index contributed by atoms with van der Waals surface area (Å²) in [5.74, 6) is -0.282. The molecule has 0 atom stereocenters. The van der Waals surface area contributed by atoms with Gasteiger partial charge in [0.1, 0.15) is 5.82 Å². The third-order valence-electron chi connectivity index (χ3n) is 7.72. The zero-order chi connectivity index (χ0) is 28.3. The third kappa shape index (κ3) is 4.84. The summed E-state index contributed by atoms with van der Waals surface area (Å²) in [6.07, 6.45) is 0. The molecule has 0 radical (unpaired) electrons. The minimum Gasteiger partial charge on any atom is -0.307 e. The van der Waals surface area contributed by atoms with Crippen molar-refractivity contribution < 1.29 is 4.39 Å². The lowest BCUT2D eigenvalue weighted by Crippen LogP contribution is -2.14. The first kappa shape index (κ1) is 25.5. The second-order valence-electron chi connectivity index (χ2n) is 10.3. The van der Waals surface area contributed by atoms with Gasteiger partial charge in [-0.2, -0.15) is 0 Å². The van der Waals surface area contributed by atoms with Gasteiger partial charge in [-0.3, -0.25) is 0 Å². The fourth-order valence-electron chi connectivity index (χ4n) is 5.69. The highest BCUT2D eigenvalue weighted by molar-refractivity contribution is 6.01. The van der Waals surface area contributed by atoms with Crippen LogP contribution < -0.4 is 4.90 Å². The molecule has 1 nitrogen and oxygen atoms in total. The number of benzene rings is 7. The quantitative estimate of drug-likeness (QED) is 0.202. The Hall–Kier alpha value is -5.47. The minimum absolute atomic E-state index is 0.282. The highest BCUT2D eigenvalue weighted by Gasteiger charge is 2.24. The van der Waals surface area contributed by atoms with Crippen LogP contribution in [-0.4, -0.2) is 0 Å². The monoisotopic (exact) mass is 541 g/mol. The Morgan fingerprint density at radius 1 is 0.405 bits per heavy atom. The molecule has 0 spiro atoms. The number of rotatable bonds is 6. The first-order chi connectivity index (χ1) is 20.8. The normalized spacial score (nSPS) is 11.0. The van der Waals surface area contributed by atoms with Crippen LogP contribution >= 0.6 is 0 Å². The SMILES string of the molecule is Fc1cc(-c2ccccc2)cc(-c2ccccc2)c1N(c1ccc(-c2ccccc2)cc1)c1cccc2ccccc12. The van der Waals surface area contributed by atoms with Crippen molar-refractivity contribution in [3.8, 4) is 33.4 Å². The van der Waals surface area contributed by atoms with Crippen LogP contribution in [0, 0.1) is 5.82 Å². The van der Waals surface area contributed by atoms with E-state index in [9.17, 15) is 0 Å². The number of nitrogens with zero attached hydrogens (tertiary/aromatic N) is 1. The number of halogens is 1. The molecule has 0 fully saturated rings. The van der Waals surface area contributed by atoms with Crippen LogP contribution in [0.15, 0.2) is 170 Å². The zero-order valence-corrected chi connectivity index (χ0v) is 23.0. The molecule has 0 aliphatic rings. The molecule has 0 heterocycles. The molecule has 200 valence electrons. The smallest absolute Gasteiger partial charge is 0.148 e. The molecule has 7 rings (SSSR count). The van der Waals surface area contributed by atoms with Crippen molar-refractivity contribution in [3.63, 3.8) is 0 Å². The molecule has 42 heavy (non-hydrogen) atoms. The molecule has 0 aliphatic carbocycles. The van der Waals surface area contributed by atoms with Crippen LogP contribution in [-0.2, 0) is 0 Å². The second-order valence-corrected chi connectivity index (χ2v) is 10.3. The summed E-state index contributed by atoms with van der Waals surface area (Å²) < 4.78 is 16.8. The van der Waals surface area contributed by atoms with Crippen LogP contribution in [0.3, 0.4) is 0 Å². The summed E-state index contributed by atoms with van der Waals surface area (Å²) >= 11 is 0. The number of hydrogen-bond acceptors (Lipinski definition) is 1. The molecule has 0 saturated heterocycles. The number of hydrogen-bond donors (Lipinski definition) is 0. The van der Waals surface area contributed by atoms with E-state index in [1.807, 2.05) is 97.1 Å². The molecule has 2 heteroatoms. The Morgan fingerprint density at radius 3 is 1.60 bits per heavy atom. The van der Waals surface area contributed by atoms with Gasteiger partial charge in [0.15, 0.2) is 0 Å². The van der Waals surface area contributed by atoms with Crippen molar-refractivity contribution in [1.29, 1.82) is 0 Å². The topological polar surface area (TPSA) is 3.24 Å². The Kier molecular flexibility index (Phi) is 6.79. The Balaban J connectivity index is 1.50. The van der Waals surface area contributed by atoms with Crippen LogP contribution in [0.4, 0.5) is 21.5 Å². The lowest BCUT2D eigenvalue weighted by Gasteiger charge is -2.30. The van der Waals surface area contributed by atoms with Gasteiger partial charge in [-0.25, -0.2) is 4.39 Å². The van der Waals surface area contributed by atoms with E-state index in [0.717, 1.165) is 55.5 Å². The standard InChI is InChI=1S/C40H28FN/c41-38-28-34(30-15-6-2-7-16-30)27-37(33-17-8-3-9-18-33)40(38)42(39-22-12-20-32-19-10-11-21-36(32)39)35-25-23-31(24-26-35)29-13-4-1-5-14-29/h1-28H. The van der Waals surface area contributed by atoms with Gasteiger partial charge in [0.25, 0.3) is 0 Å². The van der Waals surface area contributed by atoms with Gasteiger partial charge in [-0.15, -0.1) is 0 Å². The molecule has 7 aromatic carbocycles. The fraction of sp³-hybridized carbons (Fsp3) is 0. The van der Waals surface area contributed by atoms with E-state index in [1.165, 1.54) is 0 Å². The molecule has 0 aromatic heterocycles. The third-order valence-corrected chi connectivity index (χ3v) is 7.72. The maximum absolute atomic E-state index is 16.8. The molecular formula is C40H28FN. The van der Waals surface area contributed by atoms with E-state index >= 15 is 4.39 Å². The second kappa shape index (κ2) is 11.2. The first-order valence-electron chi connectivity index (χ1n) is 14.1. The van der Waals surface area contributed by atoms with E-state index in [2.05, 4.69) is 71.6 Å². The average molecular weight is 542 g/mol. The largest absolute Gasteiger partial charge is 0.307 e. The van der Waals surface area contributed by atoms with Crippen LogP contribution in [0.2, 0.25) is 0 Å².